The topological polar surface area (TPSA) is 306 Å². The van der Waals surface area contributed by atoms with Gasteiger partial charge in [0.2, 0.25) is 11.8 Å². The molecule has 0 fully saturated rings. The molecular weight excluding hydrogens is 1810 g/mol. The van der Waals surface area contributed by atoms with Gasteiger partial charge in [0.1, 0.15) is 76.6 Å². The summed E-state index contributed by atoms with van der Waals surface area (Å²) in [6.45, 7) is 15.5. The molecule has 138 heavy (non-hydrogen) atoms. The van der Waals surface area contributed by atoms with Gasteiger partial charge in [-0.15, -0.1) is 0 Å². The van der Waals surface area contributed by atoms with E-state index in [0.717, 1.165) is 118 Å². The fourth-order valence-electron chi connectivity index (χ4n) is 15.6. The normalized spacial score (nSPS) is 11.0. The van der Waals surface area contributed by atoms with E-state index >= 15 is 0 Å². The lowest BCUT2D eigenvalue weighted by molar-refractivity contribution is -0.119. The Labute approximate surface area is 795 Å². The number of hydrogen-bond donors (Lipinski definition) is 4. The summed E-state index contributed by atoms with van der Waals surface area (Å²) >= 11 is 11.9. The summed E-state index contributed by atoms with van der Waals surface area (Å²) in [6.07, 6.45) is 22.2. The molecule has 20 rings (SSSR count). The number of amides is 4. The highest BCUT2D eigenvalue weighted by Gasteiger charge is 2.24. The second-order valence-corrected chi connectivity index (χ2v) is 32.7. The summed E-state index contributed by atoms with van der Waals surface area (Å²) in [6, 6.07) is 57.2. The number of pyridine rings is 10. The molecule has 0 spiro atoms. The molecule has 15 aromatic heterocycles. The first-order valence-electron chi connectivity index (χ1n) is 43.3. The van der Waals surface area contributed by atoms with Crippen molar-refractivity contribution in [1.82, 2.24) is 109 Å². The van der Waals surface area contributed by atoms with Crippen LogP contribution in [-0.4, -0.2) is 137 Å². The molecule has 0 aliphatic heterocycles. The number of fused-ring (bicyclic) bond motifs is 5. The Morgan fingerprint density at radius 1 is 0.312 bits per heavy atom. The fourth-order valence-corrected chi connectivity index (χ4v) is 16.0. The molecule has 4 amide bonds. The fraction of sp³-hybridized carbons (Fsp3) is 0.125. The predicted molar refractivity (Wildman–Crippen MR) is 518 cm³/mol. The third kappa shape index (κ3) is 21.0. The Bertz CT molecular complexity index is 8020. The van der Waals surface area contributed by atoms with Crippen LogP contribution < -0.4 is 21.3 Å². The van der Waals surface area contributed by atoms with Crippen LogP contribution >= 0.6 is 23.2 Å². The Morgan fingerprint density at radius 3 is 1.18 bits per heavy atom. The van der Waals surface area contributed by atoms with Crippen molar-refractivity contribution in [1.29, 1.82) is 0 Å². The van der Waals surface area contributed by atoms with Crippen LogP contribution in [-0.2, 0) is 9.59 Å². The van der Waals surface area contributed by atoms with Crippen molar-refractivity contribution < 1.29 is 45.5 Å². The number of imidazole rings is 2. The lowest BCUT2D eigenvalue weighted by atomic mass is 9.97. The first-order valence-corrected chi connectivity index (χ1v) is 44.0. The van der Waals surface area contributed by atoms with Gasteiger partial charge >= 0.3 is 0 Å². The summed E-state index contributed by atoms with van der Waals surface area (Å²) in [5.41, 5.74) is 23.7. The number of carbonyl (C=O) groups is 4. The van der Waals surface area contributed by atoms with E-state index in [2.05, 4.69) is 86.4 Å². The van der Waals surface area contributed by atoms with Crippen LogP contribution in [0.1, 0.15) is 74.9 Å². The number of carbonyl (C=O) groups excluding carboxylic acids is 4. The van der Waals surface area contributed by atoms with Crippen molar-refractivity contribution in [2.24, 2.45) is 0 Å². The van der Waals surface area contributed by atoms with E-state index in [1.165, 1.54) is 81.6 Å². The van der Waals surface area contributed by atoms with E-state index < -0.39 is 11.6 Å². The molecular formula is C104H84Cl2F6N22O4. The standard InChI is InChI=1S/C25H24FN5O2.C24H22FN5O2.C19H15FN4.C18H11ClF2N4.C18H12ClFN4/c1-16-13-18(6-8-21(16)26)24-20(5-3-10-28-24)19-7-9-23-30-14-22(31(23)15-19)25(33)29-12-4-11-27-17(2)32;1-15-12-17(5-7-20(15)25)23-19(4-3-9-27-23)18-6-8-22-29-13-21(30(22)14-18)24(32)28-11-10-26-16(2)31;1-12-9-18-22-11-23-24(18)10-16(12)15-4-3-7-21-19(15)14-5-6-17(20)13(2)8-14;1-10-11(4-5-17-23-9-24-25(10)17)12-3-2-6-22-18(12)13-7-14(19)16(21)8-15(13)20;1-11-13(5-7-17-22-10-23-24(11)17)14-3-2-8-21-18(14)15-9-12(19)4-6-16(15)20/h3,5-10,13-15H,4,11-12H2,1-2H3,(H,27,32)(H,29,33);3-9,12-14H,10-11H2,1-2H3,(H,26,31)(H,28,32);3-11H,1-2H3;2-9H,1H3;2-10H,1H3. The minimum atomic E-state index is -0.805. The molecule has 0 radical (unpaired) electrons. The molecule has 0 aliphatic carbocycles. The zero-order valence-electron chi connectivity index (χ0n) is 75.3. The quantitative estimate of drug-likeness (QED) is 0.0332. The molecule has 0 atom stereocenters. The summed E-state index contributed by atoms with van der Waals surface area (Å²) in [7, 11) is 0. The number of nitrogens with zero attached hydrogens (tertiary/aromatic N) is 18. The molecule has 0 unspecified atom stereocenters. The Hall–Kier alpha value is -16.9. The van der Waals surface area contributed by atoms with Crippen molar-refractivity contribution in [3.63, 3.8) is 0 Å². The minimum absolute atomic E-state index is 0.0961. The number of halogens is 8. The number of rotatable bonds is 19. The van der Waals surface area contributed by atoms with Gasteiger partial charge in [-0.05, 0) is 234 Å². The van der Waals surface area contributed by atoms with E-state index in [4.69, 9.17) is 23.2 Å². The van der Waals surface area contributed by atoms with Crippen LogP contribution in [0.5, 0.6) is 0 Å². The maximum Gasteiger partial charge on any atom is 0.269 e. The van der Waals surface area contributed by atoms with Crippen LogP contribution in [0.25, 0.3) is 140 Å². The Balaban J connectivity index is 0.000000126. The Morgan fingerprint density at radius 2 is 0.703 bits per heavy atom. The second kappa shape index (κ2) is 42.1. The molecule has 0 saturated heterocycles. The molecule has 34 heteroatoms. The number of nitrogens with one attached hydrogen (secondary N) is 4. The van der Waals surface area contributed by atoms with Crippen LogP contribution in [0.2, 0.25) is 10.0 Å². The minimum Gasteiger partial charge on any atom is -0.356 e. The SMILES string of the molecule is CC(=O)NCCCNC(=O)c1cnc2ccc(-c3cccnc3-c3ccc(F)c(C)c3)cn12.CC(=O)NCCNC(=O)c1cnc2ccc(-c3cccnc3-c3ccc(F)c(C)c3)cn12.Cc1c(-c2cccnc2-c2cc(Cl)c(F)cc2F)ccc2ncnn12.Cc1c(-c2cccnc2-c2cc(Cl)ccc2F)ccc2ncnn12.Cc1cc(-c2ncccc2-c2cn3ncnc3cc2C)ccc1F. The van der Waals surface area contributed by atoms with Crippen LogP contribution in [0.15, 0.2) is 281 Å². The molecule has 690 valence electrons. The van der Waals surface area contributed by atoms with Gasteiger partial charge in [0.25, 0.3) is 11.8 Å². The van der Waals surface area contributed by atoms with Gasteiger partial charge in [0.15, 0.2) is 16.9 Å². The highest BCUT2D eigenvalue weighted by molar-refractivity contribution is 6.31. The van der Waals surface area contributed by atoms with E-state index in [9.17, 15) is 45.5 Å². The molecule has 26 nitrogen and oxygen atoms in total. The smallest absolute Gasteiger partial charge is 0.269 e. The van der Waals surface area contributed by atoms with E-state index in [0.29, 0.717) is 105 Å². The highest BCUT2D eigenvalue weighted by Crippen LogP contribution is 2.41. The number of aryl methyl sites for hydroxylation is 6. The molecule has 0 aliphatic rings. The summed E-state index contributed by atoms with van der Waals surface area (Å²) < 4.78 is 92.0. The second-order valence-electron chi connectivity index (χ2n) is 31.8. The first-order chi connectivity index (χ1) is 66.7. The average Bonchev–Trinajstić information content (AvgIpc) is 1.39. The monoisotopic (exact) mass is 1890 g/mol. The van der Waals surface area contributed by atoms with Crippen LogP contribution in [0, 0.1) is 76.4 Å². The maximum absolute atomic E-state index is 14.3. The van der Waals surface area contributed by atoms with Crippen LogP contribution in [0.3, 0.4) is 0 Å². The zero-order valence-corrected chi connectivity index (χ0v) is 76.8. The van der Waals surface area contributed by atoms with Crippen molar-refractivity contribution >= 4 is 75.1 Å². The van der Waals surface area contributed by atoms with E-state index in [1.807, 2.05) is 155 Å². The Kier molecular flexibility index (Phi) is 28.8. The van der Waals surface area contributed by atoms with Gasteiger partial charge in [0, 0.05) is 196 Å². The largest absolute Gasteiger partial charge is 0.356 e. The van der Waals surface area contributed by atoms with Gasteiger partial charge in [-0.3, -0.25) is 52.9 Å². The van der Waals surface area contributed by atoms with Crippen molar-refractivity contribution in [3.8, 4) is 112 Å². The number of hydrogen-bond acceptors (Lipinski definition) is 17. The van der Waals surface area contributed by atoms with Crippen molar-refractivity contribution in [2.75, 3.05) is 26.2 Å². The molecule has 15 heterocycles. The van der Waals surface area contributed by atoms with Gasteiger partial charge in [0.05, 0.1) is 45.9 Å². The average molecular weight is 1890 g/mol. The number of aromatic nitrogens is 18. The summed E-state index contributed by atoms with van der Waals surface area (Å²) in [5.74, 6) is -3.41. The molecule has 5 aromatic carbocycles. The molecule has 0 bridgehead atoms. The first kappa shape index (κ1) is 94.3. The predicted octanol–water partition coefficient (Wildman–Crippen LogP) is 20.6. The van der Waals surface area contributed by atoms with Gasteiger partial charge in [-0.25, -0.2) is 64.8 Å². The highest BCUT2D eigenvalue weighted by atomic mass is 35.5. The van der Waals surface area contributed by atoms with Gasteiger partial charge in [-0.2, -0.15) is 15.3 Å². The van der Waals surface area contributed by atoms with Crippen molar-refractivity contribution in [2.45, 2.75) is 61.8 Å². The molecule has 4 N–H and O–H groups in total. The van der Waals surface area contributed by atoms with E-state index in [1.54, 1.807) is 117 Å². The zero-order chi connectivity index (χ0) is 97.0. The third-order valence-electron chi connectivity index (χ3n) is 22.5. The third-order valence-corrected chi connectivity index (χ3v) is 23.1. The van der Waals surface area contributed by atoms with E-state index in [-0.39, 0.29) is 57.5 Å². The number of benzene rings is 5. The van der Waals surface area contributed by atoms with Crippen molar-refractivity contribution in [3.05, 3.63) is 371 Å². The van der Waals surface area contributed by atoms with Gasteiger partial charge in [-0.1, -0.05) is 53.5 Å². The maximum atomic E-state index is 14.3. The lowest BCUT2D eigenvalue weighted by Gasteiger charge is -2.13. The summed E-state index contributed by atoms with van der Waals surface area (Å²) in [5, 5.41) is 23.9. The van der Waals surface area contributed by atoms with Gasteiger partial charge < -0.3 is 21.3 Å². The van der Waals surface area contributed by atoms with Crippen LogP contribution in [0.4, 0.5) is 26.3 Å². The summed E-state index contributed by atoms with van der Waals surface area (Å²) in [4.78, 5) is 90.7. The lowest BCUT2D eigenvalue weighted by Crippen LogP contribution is -2.34. The molecule has 0 saturated carbocycles. The molecule has 20 aromatic rings.